The summed E-state index contributed by atoms with van der Waals surface area (Å²) in [5, 5.41) is 6.40. The molecule has 0 amide bonds. The number of benzene rings is 1. The first-order chi connectivity index (χ1) is 12.9. The molecule has 0 saturated carbocycles. The van der Waals surface area contributed by atoms with Crippen molar-refractivity contribution in [3.8, 4) is 5.75 Å². The molecule has 0 aliphatic carbocycles. The number of rotatable bonds is 11. The van der Waals surface area contributed by atoms with Gasteiger partial charge in [0.05, 0.1) is 19.4 Å². The lowest BCUT2D eigenvalue weighted by atomic mass is 10.1. The average Bonchev–Trinajstić information content (AvgIpc) is 2.63. The third-order valence-electron chi connectivity index (χ3n) is 4.24. The van der Waals surface area contributed by atoms with E-state index in [1.165, 1.54) is 9.87 Å². The number of nitrogens with zero attached hydrogens (tertiary/aromatic N) is 2. The maximum Gasteiger partial charge on any atom is 0.215 e. The molecule has 0 unspecified atom stereocenters. The summed E-state index contributed by atoms with van der Waals surface area (Å²) < 4.78 is 31.3. The molecule has 0 aliphatic rings. The van der Waals surface area contributed by atoms with Gasteiger partial charge in [-0.15, -0.1) is 24.0 Å². The Morgan fingerprint density at radius 3 is 2.43 bits per heavy atom. The zero-order valence-corrected chi connectivity index (χ0v) is 20.8. The number of sulfonamides is 1. The van der Waals surface area contributed by atoms with E-state index in [1.54, 1.807) is 7.11 Å². The Bertz CT molecular complexity index is 707. The summed E-state index contributed by atoms with van der Waals surface area (Å²) in [5.74, 6) is 1.53. The van der Waals surface area contributed by atoms with Crippen molar-refractivity contribution in [2.45, 2.75) is 34.1 Å². The first-order valence-electron chi connectivity index (χ1n) is 9.51. The van der Waals surface area contributed by atoms with Gasteiger partial charge < -0.3 is 15.4 Å². The van der Waals surface area contributed by atoms with Crippen LogP contribution >= 0.6 is 24.0 Å². The number of ether oxygens (including phenoxy) is 1. The van der Waals surface area contributed by atoms with Crippen LogP contribution in [0, 0.1) is 6.92 Å². The summed E-state index contributed by atoms with van der Waals surface area (Å²) >= 11 is 0. The maximum atomic E-state index is 12.2. The highest BCUT2D eigenvalue weighted by Crippen LogP contribution is 2.18. The average molecular weight is 526 g/mol. The van der Waals surface area contributed by atoms with Gasteiger partial charge in [-0.25, -0.2) is 12.7 Å². The molecule has 162 valence electrons. The lowest BCUT2D eigenvalue weighted by Gasteiger charge is -2.18. The highest BCUT2D eigenvalue weighted by molar-refractivity contribution is 14.0. The Labute approximate surface area is 187 Å². The number of nitrogens with one attached hydrogen (secondary N) is 2. The van der Waals surface area contributed by atoms with Crippen LogP contribution in [0.3, 0.4) is 0 Å². The maximum absolute atomic E-state index is 12.2. The van der Waals surface area contributed by atoms with Crippen molar-refractivity contribution in [1.82, 2.24) is 14.9 Å². The molecule has 0 spiro atoms. The number of aryl methyl sites for hydroxylation is 1. The molecule has 0 bridgehead atoms. The van der Waals surface area contributed by atoms with Gasteiger partial charge in [0, 0.05) is 26.2 Å². The standard InChI is InChI=1S/C19H34N4O3S.HI/c1-6-20-19(22-13-14-27(24,25)23(7-2)8-3)21-12-11-17-10-9-16(4)18(15-17)26-5;/h9-10,15H,6-8,11-14H2,1-5H3,(H2,20,21,22);1H. The Kier molecular flexibility index (Phi) is 13.5. The van der Waals surface area contributed by atoms with Gasteiger partial charge in [-0.1, -0.05) is 26.0 Å². The summed E-state index contributed by atoms with van der Waals surface area (Å²) in [7, 11) is -1.58. The third-order valence-corrected chi connectivity index (χ3v) is 6.24. The molecule has 0 saturated heterocycles. The predicted molar refractivity (Wildman–Crippen MR) is 128 cm³/mol. The molecule has 0 fully saturated rings. The molecule has 0 aromatic heterocycles. The highest BCUT2D eigenvalue weighted by Gasteiger charge is 2.17. The first kappa shape index (κ1) is 26.9. The zero-order chi connectivity index (χ0) is 20.3. The minimum absolute atomic E-state index is 0. The van der Waals surface area contributed by atoms with E-state index >= 15 is 0 Å². The number of halogens is 1. The van der Waals surface area contributed by atoms with Crippen LogP contribution in [0.15, 0.2) is 23.2 Å². The van der Waals surface area contributed by atoms with Crippen molar-refractivity contribution in [3.05, 3.63) is 29.3 Å². The van der Waals surface area contributed by atoms with E-state index in [0.29, 0.717) is 32.1 Å². The van der Waals surface area contributed by atoms with Crippen LogP contribution in [-0.4, -0.2) is 64.3 Å². The van der Waals surface area contributed by atoms with Gasteiger partial charge in [0.25, 0.3) is 0 Å². The van der Waals surface area contributed by atoms with Crippen molar-refractivity contribution >= 4 is 40.0 Å². The monoisotopic (exact) mass is 526 g/mol. The van der Waals surface area contributed by atoms with E-state index < -0.39 is 10.0 Å². The molecular formula is C19H35IN4O3S. The van der Waals surface area contributed by atoms with E-state index in [1.807, 2.05) is 39.8 Å². The van der Waals surface area contributed by atoms with Gasteiger partial charge in [-0.2, -0.15) is 0 Å². The molecule has 2 N–H and O–H groups in total. The lowest BCUT2D eigenvalue weighted by molar-refractivity contribution is 0.411. The Morgan fingerprint density at radius 1 is 1.18 bits per heavy atom. The van der Waals surface area contributed by atoms with E-state index in [0.717, 1.165) is 17.7 Å². The largest absolute Gasteiger partial charge is 0.496 e. The quantitative estimate of drug-likeness (QED) is 0.263. The molecule has 1 aromatic rings. The normalized spacial score (nSPS) is 11.9. The van der Waals surface area contributed by atoms with Crippen LogP contribution in [0.1, 0.15) is 31.9 Å². The summed E-state index contributed by atoms with van der Waals surface area (Å²) in [6.45, 7) is 10.3. The third kappa shape index (κ3) is 8.95. The molecule has 0 heterocycles. The number of guanidine groups is 1. The second-order valence-corrected chi connectivity index (χ2v) is 8.23. The molecule has 9 heteroatoms. The predicted octanol–water partition coefficient (Wildman–Crippen LogP) is 2.39. The number of methoxy groups -OCH3 is 1. The van der Waals surface area contributed by atoms with Crippen molar-refractivity contribution in [3.63, 3.8) is 0 Å². The van der Waals surface area contributed by atoms with Crippen molar-refractivity contribution < 1.29 is 13.2 Å². The summed E-state index contributed by atoms with van der Waals surface area (Å²) in [6, 6.07) is 6.17. The molecule has 1 rings (SSSR count). The second kappa shape index (κ2) is 14.0. The number of hydrogen-bond acceptors (Lipinski definition) is 4. The summed E-state index contributed by atoms with van der Waals surface area (Å²) in [5.41, 5.74) is 2.28. The van der Waals surface area contributed by atoms with E-state index in [4.69, 9.17) is 4.74 Å². The first-order valence-corrected chi connectivity index (χ1v) is 11.1. The van der Waals surface area contributed by atoms with Crippen molar-refractivity contribution in [1.29, 1.82) is 0 Å². The van der Waals surface area contributed by atoms with Gasteiger partial charge in [-0.3, -0.25) is 4.99 Å². The molecule has 7 nitrogen and oxygen atoms in total. The lowest BCUT2D eigenvalue weighted by Crippen LogP contribution is -2.39. The van der Waals surface area contributed by atoms with Crippen LogP contribution in [0.25, 0.3) is 0 Å². The smallest absolute Gasteiger partial charge is 0.215 e. The molecule has 0 radical (unpaired) electrons. The topological polar surface area (TPSA) is 83.0 Å². The Hall–Kier alpha value is -1.07. The van der Waals surface area contributed by atoms with Crippen LogP contribution in [-0.2, 0) is 16.4 Å². The fourth-order valence-electron chi connectivity index (χ4n) is 2.71. The molecule has 0 aliphatic heterocycles. The molecular weight excluding hydrogens is 491 g/mol. The number of aliphatic imine (C=N–C) groups is 1. The van der Waals surface area contributed by atoms with Crippen molar-refractivity contribution in [2.24, 2.45) is 4.99 Å². The van der Waals surface area contributed by atoms with Crippen LogP contribution < -0.4 is 15.4 Å². The van der Waals surface area contributed by atoms with Gasteiger partial charge >= 0.3 is 0 Å². The van der Waals surface area contributed by atoms with E-state index in [9.17, 15) is 8.42 Å². The second-order valence-electron chi connectivity index (χ2n) is 6.14. The van der Waals surface area contributed by atoms with Crippen LogP contribution in [0.5, 0.6) is 5.75 Å². The minimum atomic E-state index is -3.25. The van der Waals surface area contributed by atoms with Crippen LogP contribution in [0.2, 0.25) is 0 Å². The summed E-state index contributed by atoms with van der Waals surface area (Å²) in [6.07, 6.45) is 0.818. The zero-order valence-electron chi connectivity index (χ0n) is 17.6. The van der Waals surface area contributed by atoms with Gasteiger partial charge in [0.2, 0.25) is 10.0 Å². The summed E-state index contributed by atoms with van der Waals surface area (Å²) in [4.78, 5) is 4.39. The fraction of sp³-hybridized carbons (Fsp3) is 0.632. The van der Waals surface area contributed by atoms with Crippen LogP contribution in [0.4, 0.5) is 0 Å². The Balaban J connectivity index is 0.00000729. The number of hydrogen-bond donors (Lipinski definition) is 2. The Morgan fingerprint density at radius 2 is 1.86 bits per heavy atom. The van der Waals surface area contributed by atoms with Crippen molar-refractivity contribution in [2.75, 3.05) is 45.6 Å². The molecule has 28 heavy (non-hydrogen) atoms. The van der Waals surface area contributed by atoms with Gasteiger partial charge in [0.15, 0.2) is 5.96 Å². The highest BCUT2D eigenvalue weighted by atomic mass is 127. The van der Waals surface area contributed by atoms with E-state index in [2.05, 4.69) is 21.7 Å². The van der Waals surface area contributed by atoms with E-state index in [-0.39, 0.29) is 36.3 Å². The van der Waals surface area contributed by atoms with Gasteiger partial charge in [0.1, 0.15) is 5.75 Å². The SMILES string of the molecule is CCNC(=NCCS(=O)(=O)N(CC)CC)NCCc1ccc(C)c(OC)c1.I. The van der Waals surface area contributed by atoms with Gasteiger partial charge in [-0.05, 0) is 37.5 Å². The minimum Gasteiger partial charge on any atom is -0.496 e. The molecule has 0 atom stereocenters. The fourth-order valence-corrected chi connectivity index (χ4v) is 4.07. The molecule has 1 aromatic carbocycles.